The number of nitrogens with zero attached hydrogens (tertiary/aromatic N) is 1. The zero-order valence-electron chi connectivity index (χ0n) is 10.5. The van der Waals surface area contributed by atoms with E-state index in [-0.39, 0.29) is 5.91 Å². The number of carbonyl (C=O) groups is 1. The van der Waals surface area contributed by atoms with Crippen LogP contribution in [0.3, 0.4) is 0 Å². The molecular formula is C11H20N4OS. The van der Waals surface area contributed by atoms with Gasteiger partial charge in [0.1, 0.15) is 0 Å². The van der Waals surface area contributed by atoms with Crippen LogP contribution >= 0.6 is 11.8 Å². The Kier molecular flexibility index (Phi) is 5.50. The first-order valence-electron chi connectivity index (χ1n) is 5.63. The van der Waals surface area contributed by atoms with Crippen LogP contribution in [0.1, 0.15) is 18.3 Å². The summed E-state index contributed by atoms with van der Waals surface area (Å²) in [7, 11) is 0. The predicted octanol–water partition coefficient (Wildman–Crippen LogP) is 1.29. The Morgan fingerprint density at radius 3 is 2.82 bits per heavy atom. The molecule has 1 heterocycles. The van der Waals surface area contributed by atoms with Crippen molar-refractivity contribution in [3.05, 3.63) is 11.4 Å². The minimum atomic E-state index is 0.00632. The highest BCUT2D eigenvalue weighted by Gasteiger charge is 2.10. The zero-order valence-corrected chi connectivity index (χ0v) is 11.4. The van der Waals surface area contributed by atoms with E-state index in [2.05, 4.69) is 22.4 Å². The summed E-state index contributed by atoms with van der Waals surface area (Å²) in [6.45, 7) is 6.49. The summed E-state index contributed by atoms with van der Waals surface area (Å²) in [5.74, 6) is 1.82. The molecule has 0 aliphatic carbocycles. The molecule has 0 saturated heterocycles. The van der Waals surface area contributed by atoms with Crippen molar-refractivity contribution in [2.75, 3.05) is 23.4 Å². The summed E-state index contributed by atoms with van der Waals surface area (Å²) in [5.41, 5.74) is 8.01. The molecule has 1 aromatic rings. The van der Waals surface area contributed by atoms with E-state index >= 15 is 0 Å². The molecule has 0 aromatic carbocycles. The van der Waals surface area contributed by atoms with E-state index in [9.17, 15) is 4.79 Å². The molecule has 1 aromatic heterocycles. The van der Waals surface area contributed by atoms with Crippen molar-refractivity contribution in [1.82, 2.24) is 10.2 Å². The van der Waals surface area contributed by atoms with Crippen LogP contribution in [0.25, 0.3) is 0 Å². The van der Waals surface area contributed by atoms with Crippen LogP contribution in [0, 0.1) is 19.8 Å². The quantitative estimate of drug-likeness (QED) is 0.716. The Morgan fingerprint density at radius 1 is 1.59 bits per heavy atom. The molecule has 4 N–H and O–H groups in total. The van der Waals surface area contributed by atoms with Crippen LogP contribution in [0.4, 0.5) is 5.69 Å². The number of rotatable bonds is 6. The monoisotopic (exact) mass is 256 g/mol. The lowest BCUT2D eigenvalue weighted by Gasteiger charge is -2.08. The van der Waals surface area contributed by atoms with Crippen molar-refractivity contribution in [2.24, 2.45) is 11.7 Å². The second-order valence-corrected chi connectivity index (χ2v) is 5.24. The molecule has 0 aliphatic heterocycles. The lowest BCUT2D eigenvalue weighted by Crippen LogP contribution is -2.18. The predicted molar refractivity (Wildman–Crippen MR) is 72.2 cm³/mol. The Labute approximate surface area is 106 Å². The summed E-state index contributed by atoms with van der Waals surface area (Å²) in [4.78, 5) is 11.7. The summed E-state index contributed by atoms with van der Waals surface area (Å²) in [5, 5.41) is 9.73. The van der Waals surface area contributed by atoms with Gasteiger partial charge in [0.05, 0.1) is 22.8 Å². The molecule has 1 rings (SSSR count). The Balaban J connectivity index is 2.35. The van der Waals surface area contributed by atoms with Gasteiger partial charge >= 0.3 is 0 Å². The summed E-state index contributed by atoms with van der Waals surface area (Å²) in [6, 6.07) is 0. The summed E-state index contributed by atoms with van der Waals surface area (Å²) < 4.78 is 0. The topological polar surface area (TPSA) is 83.8 Å². The third-order valence-electron chi connectivity index (χ3n) is 2.43. The van der Waals surface area contributed by atoms with Gasteiger partial charge in [-0.3, -0.25) is 9.89 Å². The Hall–Kier alpha value is -1.01. The van der Waals surface area contributed by atoms with Crippen LogP contribution in [-0.4, -0.2) is 34.2 Å². The number of aromatic nitrogens is 2. The van der Waals surface area contributed by atoms with E-state index in [0.717, 1.165) is 22.8 Å². The molecule has 1 unspecified atom stereocenters. The third kappa shape index (κ3) is 4.40. The molecular weight excluding hydrogens is 236 g/mol. The maximum Gasteiger partial charge on any atom is 0.234 e. The van der Waals surface area contributed by atoms with Gasteiger partial charge in [0.2, 0.25) is 5.91 Å². The van der Waals surface area contributed by atoms with E-state index in [4.69, 9.17) is 5.73 Å². The number of thioether (sulfide) groups is 1. The Morgan fingerprint density at radius 2 is 2.29 bits per heavy atom. The van der Waals surface area contributed by atoms with E-state index < -0.39 is 0 Å². The molecule has 0 aliphatic rings. The molecule has 96 valence electrons. The summed E-state index contributed by atoms with van der Waals surface area (Å²) in [6.07, 6.45) is 0. The van der Waals surface area contributed by atoms with Gasteiger partial charge in [-0.05, 0) is 32.1 Å². The number of aryl methyl sites for hydroxylation is 2. The molecule has 0 saturated carbocycles. The maximum absolute atomic E-state index is 11.7. The fraction of sp³-hybridized carbons (Fsp3) is 0.636. The minimum Gasteiger partial charge on any atom is -0.330 e. The van der Waals surface area contributed by atoms with Gasteiger partial charge in [0, 0.05) is 0 Å². The number of amides is 1. The molecule has 5 nitrogen and oxygen atoms in total. The highest BCUT2D eigenvalue weighted by atomic mass is 32.2. The zero-order chi connectivity index (χ0) is 12.8. The number of hydrogen-bond acceptors (Lipinski definition) is 4. The lowest BCUT2D eigenvalue weighted by atomic mass is 10.2. The molecule has 1 atom stereocenters. The number of anilines is 1. The first-order valence-corrected chi connectivity index (χ1v) is 6.79. The first kappa shape index (κ1) is 14.1. The smallest absolute Gasteiger partial charge is 0.234 e. The number of hydrogen-bond donors (Lipinski definition) is 3. The molecule has 0 fully saturated rings. The van der Waals surface area contributed by atoms with Crippen molar-refractivity contribution in [3.8, 4) is 0 Å². The number of aromatic amines is 1. The summed E-state index contributed by atoms with van der Waals surface area (Å²) >= 11 is 1.60. The first-order chi connectivity index (χ1) is 8.04. The normalized spacial score (nSPS) is 12.5. The largest absolute Gasteiger partial charge is 0.330 e. The van der Waals surface area contributed by atoms with E-state index in [1.165, 1.54) is 0 Å². The molecule has 6 heteroatoms. The fourth-order valence-electron chi connectivity index (χ4n) is 1.33. The van der Waals surface area contributed by atoms with Crippen LogP contribution in [0.15, 0.2) is 0 Å². The molecule has 1 amide bonds. The molecule has 17 heavy (non-hydrogen) atoms. The second kappa shape index (κ2) is 6.66. The van der Waals surface area contributed by atoms with Crippen LogP contribution in [0.2, 0.25) is 0 Å². The van der Waals surface area contributed by atoms with Crippen LogP contribution in [0.5, 0.6) is 0 Å². The molecule has 0 radical (unpaired) electrons. The maximum atomic E-state index is 11.7. The highest BCUT2D eigenvalue weighted by Crippen LogP contribution is 2.16. The number of H-pyrrole nitrogens is 1. The minimum absolute atomic E-state index is 0.00632. The molecule has 0 bridgehead atoms. The van der Waals surface area contributed by atoms with Gasteiger partial charge in [-0.25, -0.2) is 0 Å². The third-order valence-corrected chi connectivity index (χ3v) is 3.70. The average Bonchev–Trinajstić information content (AvgIpc) is 2.60. The number of nitrogens with one attached hydrogen (secondary N) is 2. The SMILES string of the molecule is Cc1n[nH]c(C)c1NC(=O)CSCC(C)CN. The van der Waals surface area contributed by atoms with E-state index in [1.807, 2.05) is 13.8 Å². The van der Waals surface area contributed by atoms with Crippen LogP contribution < -0.4 is 11.1 Å². The number of carbonyl (C=O) groups excluding carboxylic acids is 1. The van der Waals surface area contributed by atoms with Gasteiger partial charge in [-0.1, -0.05) is 6.92 Å². The average molecular weight is 256 g/mol. The van der Waals surface area contributed by atoms with Crippen molar-refractivity contribution in [1.29, 1.82) is 0 Å². The van der Waals surface area contributed by atoms with E-state index in [0.29, 0.717) is 18.2 Å². The van der Waals surface area contributed by atoms with Crippen LogP contribution in [-0.2, 0) is 4.79 Å². The van der Waals surface area contributed by atoms with E-state index in [1.54, 1.807) is 11.8 Å². The number of nitrogens with two attached hydrogens (primary N) is 1. The second-order valence-electron chi connectivity index (χ2n) is 4.21. The fourth-order valence-corrected chi connectivity index (χ4v) is 2.25. The lowest BCUT2D eigenvalue weighted by molar-refractivity contribution is -0.113. The highest BCUT2D eigenvalue weighted by molar-refractivity contribution is 7.99. The van der Waals surface area contributed by atoms with Crippen molar-refractivity contribution < 1.29 is 4.79 Å². The molecule has 0 spiro atoms. The van der Waals surface area contributed by atoms with Gasteiger partial charge in [-0.2, -0.15) is 16.9 Å². The van der Waals surface area contributed by atoms with Gasteiger partial charge in [0.25, 0.3) is 0 Å². The standard InChI is InChI=1S/C11H20N4OS/c1-7(4-12)5-17-6-10(16)13-11-8(2)14-15-9(11)3/h7H,4-6,12H2,1-3H3,(H,13,16)(H,14,15). The van der Waals surface area contributed by atoms with Crippen molar-refractivity contribution >= 4 is 23.4 Å². The van der Waals surface area contributed by atoms with Gasteiger partial charge in [0.15, 0.2) is 0 Å². The van der Waals surface area contributed by atoms with Gasteiger partial charge < -0.3 is 11.1 Å². The van der Waals surface area contributed by atoms with Gasteiger partial charge in [-0.15, -0.1) is 0 Å². The Bertz CT molecular complexity index is 358. The van der Waals surface area contributed by atoms with Crippen molar-refractivity contribution in [2.45, 2.75) is 20.8 Å². The van der Waals surface area contributed by atoms with Crippen molar-refractivity contribution in [3.63, 3.8) is 0 Å².